The highest BCUT2D eigenvalue weighted by molar-refractivity contribution is 9.10. The fraction of sp³-hybridized carbons (Fsp3) is 0.0714. The molecule has 116 valence electrons. The van der Waals surface area contributed by atoms with Crippen LogP contribution in [-0.2, 0) is 14.8 Å². The summed E-state index contributed by atoms with van der Waals surface area (Å²) >= 11 is 9.14. The average molecular weight is 405 g/mol. The minimum absolute atomic E-state index is 0.0147. The van der Waals surface area contributed by atoms with Gasteiger partial charge in [0, 0.05) is 4.47 Å². The highest BCUT2D eigenvalue weighted by Crippen LogP contribution is 2.26. The summed E-state index contributed by atoms with van der Waals surface area (Å²) in [5.41, 5.74) is 0.372. The zero-order valence-electron chi connectivity index (χ0n) is 11.3. The van der Waals surface area contributed by atoms with Crippen molar-refractivity contribution in [3.05, 3.63) is 57.5 Å². The molecule has 0 atom stereocenters. The Morgan fingerprint density at radius 1 is 1.23 bits per heavy atom. The maximum Gasteiger partial charge on any atom is 0.339 e. The molecule has 0 fully saturated rings. The number of anilines is 1. The molecule has 0 spiro atoms. The van der Waals surface area contributed by atoms with Crippen molar-refractivity contribution in [1.29, 1.82) is 0 Å². The third-order valence-electron chi connectivity index (χ3n) is 2.77. The number of carbonyl (C=O) groups excluding carboxylic acids is 1. The van der Waals surface area contributed by atoms with Crippen LogP contribution >= 0.6 is 27.5 Å². The van der Waals surface area contributed by atoms with E-state index >= 15 is 0 Å². The summed E-state index contributed by atoms with van der Waals surface area (Å²) in [5.74, 6) is -0.706. The zero-order valence-corrected chi connectivity index (χ0v) is 14.5. The van der Waals surface area contributed by atoms with Gasteiger partial charge in [-0.15, -0.1) is 0 Å². The molecule has 2 rings (SSSR count). The van der Waals surface area contributed by atoms with E-state index < -0.39 is 16.0 Å². The molecule has 0 unspecified atom stereocenters. The van der Waals surface area contributed by atoms with Gasteiger partial charge in [-0.2, -0.15) is 0 Å². The van der Waals surface area contributed by atoms with Crippen LogP contribution in [-0.4, -0.2) is 21.5 Å². The van der Waals surface area contributed by atoms with Crippen LogP contribution in [0.1, 0.15) is 10.4 Å². The summed E-state index contributed by atoms with van der Waals surface area (Å²) < 4.78 is 32.4. The normalized spacial score (nSPS) is 11.0. The molecule has 0 aliphatic carbocycles. The van der Waals surface area contributed by atoms with Crippen molar-refractivity contribution in [3.8, 4) is 0 Å². The fourth-order valence-electron chi connectivity index (χ4n) is 1.69. The quantitative estimate of drug-likeness (QED) is 0.789. The lowest BCUT2D eigenvalue weighted by Gasteiger charge is -2.11. The van der Waals surface area contributed by atoms with Crippen LogP contribution in [0.4, 0.5) is 5.69 Å². The van der Waals surface area contributed by atoms with Crippen LogP contribution in [0.15, 0.2) is 51.8 Å². The Bertz CT molecular complexity index is 823. The van der Waals surface area contributed by atoms with Crippen molar-refractivity contribution in [1.82, 2.24) is 0 Å². The molecule has 0 saturated heterocycles. The smallest absolute Gasteiger partial charge is 0.339 e. The van der Waals surface area contributed by atoms with Crippen molar-refractivity contribution in [2.45, 2.75) is 4.90 Å². The molecular weight excluding hydrogens is 394 g/mol. The van der Waals surface area contributed by atoms with Crippen LogP contribution in [0.3, 0.4) is 0 Å². The van der Waals surface area contributed by atoms with Gasteiger partial charge >= 0.3 is 5.97 Å². The molecule has 2 aromatic carbocycles. The number of halogens is 2. The van der Waals surface area contributed by atoms with Crippen LogP contribution in [0.25, 0.3) is 0 Å². The Morgan fingerprint density at radius 2 is 1.91 bits per heavy atom. The lowest BCUT2D eigenvalue weighted by atomic mass is 10.2. The molecule has 22 heavy (non-hydrogen) atoms. The highest BCUT2D eigenvalue weighted by Gasteiger charge is 2.19. The van der Waals surface area contributed by atoms with Gasteiger partial charge in [-0.1, -0.05) is 23.7 Å². The number of ether oxygens (including phenoxy) is 1. The Morgan fingerprint density at radius 3 is 2.55 bits per heavy atom. The lowest BCUT2D eigenvalue weighted by Crippen LogP contribution is -2.14. The Hall–Kier alpha value is -1.57. The number of nitrogens with one attached hydrogen (secondary N) is 1. The number of methoxy groups -OCH3 is 1. The summed E-state index contributed by atoms with van der Waals surface area (Å²) in [7, 11) is -2.67. The zero-order chi connectivity index (χ0) is 16.3. The van der Waals surface area contributed by atoms with Crippen molar-refractivity contribution in [2.75, 3.05) is 11.8 Å². The van der Waals surface area contributed by atoms with Crippen LogP contribution in [0.2, 0.25) is 5.02 Å². The van der Waals surface area contributed by atoms with E-state index in [-0.39, 0.29) is 15.5 Å². The van der Waals surface area contributed by atoms with Gasteiger partial charge in [-0.3, -0.25) is 4.72 Å². The molecule has 0 bridgehead atoms. The second-order valence-electron chi connectivity index (χ2n) is 4.22. The maximum atomic E-state index is 12.4. The van der Waals surface area contributed by atoms with Gasteiger partial charge in [0.25, 0.3) is 10.0 Å². The van der Waals surface area contributed by atoms with Crippen molar-refractivity contribution < 1.29 is 17.9 Å². The topological polar surface area (TPSA) is 72.5 Å². The van der Waals surface area contributed by atoms with E-state index in [9.17, 15) is 13.2 Å². The van der Waals surface area contributed by atoms with Crippen molar-refractivity contribution >= 4 is 49.2 Å². The monoisotopic (exact) mass is 403 g/mol. The Balaban J connectivity index is 2.42. The third-order valence-corrected chi connectivity index (χ3v) is 5.16. The summed E-state index contributed by atoms with van der Waals surface area (Å²) in [4.78, 5) is 11.5. The lowest BCUT2D eigenvalue weighted by molar-refractivity contribution is 0.0600. The number of para-hydroxylation sites is 1. The first-order valence-electron chi connectivity index (χ1n) is 6.00. The highest BCUT2D eigenvalue weighted by atomic mass is 79.9. The Kier molecular flexibility index (Phi) is 5.10. The summed E-state index contributed by atoms with van der Waals surface area (Å²) in [5, 5.41) is 0.117. The number of hydrogen-bond donors (Lipinski definition) is 1. The van der Waals surface area contributed by atoms with E-state index in [4.69, 9.17) is 11.6 Å². The number of rotatable bonds is 4. The number of benzene rings is 2. The van der Waals surface area contributed by atoms with E-state index in [1.165, 1.54) is 25.3 Å². The SMILES string of the molecule is COC(=O)c1cc(S(=O)(=O)Nc2ccccc2Br)ccc1Cl. The number of esters is 1. The van der Waals surface area contributed by atoms with Gasteiger partial charge in [-0.05, 0) is 46.3 Å². The molecule has 0 heterocycles. The van der Waals surface area contributed by atoms with Crippen LogP contribution < -0.4 is 4.72 Å². The minimum Gasteiger partial charge on any atom is -0.465 e. The molecule has 2 aromatic rings. The first-order valence-corrected chi connectivity index (χ1v) is 8.66. The predicted molar refractivity (Wildman–Crippen MR) is 87.7 cm³/mol. The van der Waals surface area contributed by atoms with Crippen molar-refractivity contribution in [3.63, 3.8) is 0 Å². The molecule has 8 heteroatoms. The van der Waals surface area contributed by atoms with Gasteiger partial charge in [0.15, 0.2) is 0 Å². The van der Waals surface area contributed by atoms with Crippen LogP contribution in [0.5, 0.6) is 0 Å². The Labute approximate surface area is 141 Å². The first-order chi connectivity index (χ1) is 10.3. The molecule has 0 aliphatic rings. The van der Waals surface area contributed by atoms with E-state index in [1.807, 2.05) is 0 Å². The van der Waals surface area contributed by atoms with Gasteiger partial charge in [0.2, 0.25) is 0 Å². The van der Waals surface area contributed by atoms with E-state index in [2.05, 4.69) is 25.4 Å². The molecular formula is C14H11BrClNO4S. The van der Waals surface area contributed by atoms with Gasteiger partial charge < -0.3 is 4.74 Å². The molecule has 0 aromatic heterocycles. The molecule has 5 nitrogen and oxygen atoms in total. The number of hydrogen-bond acceptors (Lipinski definition) is 4. The summed E-state index contributed by atoms with van der Waals surface area (Å²) in [6.45, 7) is 0. The third kappa shape index (κ3) is 3.60. The largest absolute Gasteiger partial charge is 0.465 e. The second kappa shape index (κ2) is 6.68. The fourth-order valence-corrected chi connectivity index (χ4v) is 3.50. The van der Waals surface area contributed by atoms with E-state index in [0.717, 1.165) is 0 Å². The standard InChI is InChI=1S/C14H11BrClNO4S/c1-21-14(18)10-8-9(6-7-12(10)16)22(19,20)17-13-5-3-2-4-11(13)15/h2-8,17H,1H3. The van der Waals surface area contributed by atoms with E-state index in [1.54, 1.807) is 24.3 Å². The maximum absolute atomic E-state index is 12.4. The molecule has 0 amide bonds. The van der Waals surface area contributed by atoms with E-state index in [0.29, 0.717) is 10.2 Å². The first kappa shape index (κ1) is 16.8. The number of carbonyl (C=O) groups is 1. The minimum atomic E-state index is -3.86. The molecule has 0 aliphatic heterocycles. The van der Waals surface area contributed by atoms with Crippen LogP contribution in [0, 0.1) is 0 Å². The average Bonchev–Trinajstić information content (AvgIpc) is 2.49. The van der Waals surface area contributed by atoms with Gasteiger partial charge in [0.1, 0.15) is 0 Å². The molecule has 0 radical (unpaired) electrons. The summed E-state index contributed by atoms with van der Waals surface area (Å²) in [6.07, 6.45) is 0. The van der Waals surface area contributed by atoms with Gasteiger partial charge in [0.05, 0.1) is 28.3 Å². The second-order valence-corrected chi connectivity index (χ2v) is 7.16. The van der Waals surface area contributed by atoms with Gasteiger partial charge in [-0.25, -0.2) is 13.2 Å². The van der Waals surface area contributed by atoms with Crippen molar-refractivity contribution in [2.24, 2.45) is 0 Å². The predicted octanol–water partition coefficient (Wildman–Crippen LogP) is 3.69. The number of sulfonamides is 1. The molecule has 1 N–H and O–H groups in total. The molecule has 0 saturated carbocycles. The summed E-state index contributed by atoms with van der Waals surface area (Å²) in [6, 6.07) is 10.6.